The van der Waals surface area contributed by atoms with Crippen molar-refractivity contribution < 1.29 is 13.9 Å². The number of nitrogens with one attached hydrogen (secondary N) is 1. The van der Waals surface area contributed by atoms with Crippen LogP contribution in [-0.4, -0.2) is 52.4 Å². The van der Waals surface area contributed by atoms with Crippen molar-refractivity contribution in [2.45, 2.75) is 19.0 Å². The molecule has 106 valence electrons. The highest BCUT2D eigenvalue weighted by atomic mass is 19.1. The molecule has 2 aromatic rings. The Morgan fingerprint density at radius 3 is 3.15 bits per heavy atom. The van der Waals surface area contributed by atoms with Crippen molar-refractivity contribution in [3.63, 3.8) is 0 Å². The van der Waals surface area contributed by atoms with Crippen LogP contribution in [0.5, 0.6) is 5.88 Å². The number of methoxy groups -OCH3 is 1. The summed E-state index contributed by atoms with van der Waals surface area (Å²) in [6, 6.07) is 3.44. The van der Waals surface area contributed by atoms with Gasteiger partial charge in [-0.2, -0.15) is 5.10 Å². The second-order valence-electron chi connectivity index (χ2n) is 4.81. The van der Waals surface area contributed by atoms with Gasteiger partial charge in [0, 0.05) is 12.6 Å². The molecule has 3 rings (SSSR count). The Hall–Kier alpha value is -2.18. The zero-order valence-corrected chi connectivity index (χ0v) is 11.1. The fraction of sp³-hybridized carbons (Fsp3) is 0.462. The molecule has 0 bridgehead atoms. The van der Waals surface area contributed by atoms with E-state index in [4.69, 9.17) is 4.74 Å². The average molecular weight is 278 g/mol. The summed E-state index contributed by atoms with van der Waals surface area (Å²) in [5.74, 6) is 0.120. The summed E-state index contributed by atoms with van der Waals surface area (Å²) in [6.07, 6.45) is 0.226. The van der Waals surface area contributed by atoms with E-state index < -0.39 is 6.17 Å². The van der Waals surface area contributed by atoms with Gasteiger partial charge in [-0.25, -0.2) is 9.37 Å². The number of ether oxygens (including phenoxy) is 1. The molecule has 7 heteroatoms. The number of hydrogen-bond donors (Lipinski definition) is 1. The normalized spacial score (nSPS) is 19.3. The number of carbonyl (C=O) groups excluding carboxylic acids is 1. The van der Waals surface area contributed by atoms with E-state index in [1.54, 1.807) is 12.1 Å². The van der Waals surface area contributed by atoms with Crippen molar-refractivity contribution in [1.29, 1.82) is 0 Å². The van der Waals surface area contributed by atoms with E-state index in [-0.39, 0.29) is 18.1 Å². The number of aromatic nitrogens is 3. The smallest absolute Gasteiger partial charge is 0.276 e. The lowest BCUT2D eigenvalue weighted by atomic mass is 10.1. The Kier molecular flexibility index (Phi) is 3.25. The molecule has 6 nitrogen and oxygen atoms in total. The average Bonchev–Trinajstić information content (AvgIpc) is 2.89. The molecule has 0 saturated carbocycles. The minimum atomic E-state index is -0.958. The summed E-state index contributed by atoms with van der Waals surface area (Å²) in [5, 5.41) is 6.78. The van der Waals surface area contributed by atoms with Crippen molar-refractivity contribution >= 4 is 16.9 Å². The number of piperidine rings is 1. The molecular weight excluding hydrogens is 263 g/mol. The minimum absolute atomic E-state index is 0.122. The summed E-state index contributed by atoms with van der Waals surface area (Å²) in [6.45, 7) is 0.675. The maximum Gasteiger partial charge on any atom is 0.276 e. The molecule has 20 heavy (non-hydrogen) atoms. The van der Waals surface area contributed by atoms with Crippen LogP contribution < -0.4 is 4.74 Å². The SMILES string of the molecule is COc1ccc2[nH]nc(C(=O)N3CCCC(F)C3)c2n1. The molecule has 1 unspecified atom stereocenters. The number of carbonyl (C=O) groups is 1. The summed E-state index contributed by atoms with van der Waals surface area (Å²) >= 11 is 0. The Labute approximate surface area is 114 Å². The quantitative estimate of drug-likeness (QED) is 0.904. The third-order valence-electron chi connectivity index (χ3n) is 3.44. The summed E-state index contributed by atoms with van der Waals surface area (Å²) in [4.78, 5) is 18.1. The zero-order valence-electron chi connectivity index (χ0n) is 11.1. The number of likely N-dealkylation sites (tertiary alicyclic amines) is 1. The van der Waals surface area contributed by atoms with Gasteiger partial charge < -0.3 is 9.64 Å². The number of nitrogens with zero attached hydrogens (tertiary/aromatic N) is 3. The summed E-state index contributed by atoms with van der Waals surface area (Å²) in [7, 11) is 1.51. The molecule has 1 fully saturated rings. The first kappa shape index (κ1) is 12.8. The molecule has 1 saturated heterocycles. The lowest BCUT2D eigenvalue weighted by molar-refractivity contribution is 0.0632. The third-order valence-corrected chi connectivity index (χ3v) is 3.44. The van der Waals surface area contributed by atoms with Crippen LogP contribution in [-0.2, 0) is 0 Å². The number of rotatable bonds is 2. The van der Waals surface area contributed by atoms with Crippen LogP contribution in [0.1, 0.15) is 23.3 Å². The maximum atomic E-state index is 13.4. The predicted octanol–water partition coefficient (Wildman–Crippen LogP) is 1.54. The van der Waals surface area contributed by atoms with Crippen LogP contribution in [0.4, 0.5) is 4.39 Å². The van der Waals surface area contributed by atoms with Crippen LogP contribution in [0, 0.1) is 0 Å². The van der Waals surface area contributed by atoms with Crippen molar-refractivity contribution in [1.82, 2.24) is 20.1 Å². The number of fused-ring (bicyclic) bond motifs is 1. The van der Waals surface area contributed by atoms with Crippen LogP contribution in [0.2, 0.25) is 0 Å². The fourth-order valence-electron chi connectivity index (χ4n) is 2.40. The number of halogens is 1. The predicted molar refractivity (Wildman–Crippen MR) is 70.5 cm³/mol. The van der Waals surface area contributed by atoms with E-state index in [0.717, 1.165) is 0 Å². The third kappa shape index (κ3) is 2.19. The lowest BCUT2D eigenvalue weighted by Crippen LogP contribution is -2.41. The van der Waals surface area contributed by atoms with Gasteiger partial charge in [-0.1, -0.05) is 0 Å². The van der Waals surface area contributed by atoms with E-state index in [2.05, 4.69) is 15.2 Å². The highest BCUT2D eigenvalue weighted by Gasteiger charge is 2.27. The zero-order chi connectivity index (χ0) is 14.1. The monoisotopic (exact) mass is 278 g/mol. The van der Waals surface area contributed by atoms with Crippen LogP contribution >= 0.6 is 0 Å². The molecule has 1 amide bonds. The summed E-state index contributed by atoms with van der Waals surface area (Å²) in [5.41, 5.74) is 1.33. The van der Waals surface area contributed by atoms with Gasteiger partial charge in [-0.05, 0) is 18.9 Å². The molecule has 0 aliphatic carbocycles. The van der Waals surface area contributed by atoms with E-state index >= 15 is 0 Å². The largest absolute Gasteiger partial charge is 0.481 e. The van der Waals surface area contributed by atoms with Crippen LogP contribution in [0.25, 0.3) is 11.0 Å². The lowest BCUT2D eigenvalue weighted by Gasteiger charge is -2.28. The molecule has 0 aromatic carbocycles. The Bertz CT molecular complexity index is 642. The van der Waals surface area contributed by atoms with Crippen molar-refractivity contribution in [2.75, 3.05) is 20.2 Å². The van der Waals surface area contributed by atoms with E-state index in [1.165, 1.54) is 12.0 Å². The number of pyridine rings is 1. The van der Waals surface area contributed by atoms with Gasteiger partial charge in [0.15, 0.2) is 5.69 Å². The van der Waals surface area contributed by atoms with Gasteiger partial charge in [0.2, 0.25) is 5.88 Å². The highest BCUT2D eigenvalue weighted by Crippen LogP contribution is 2.21. The minimum Gasteiger partial charge on any atom is -0.481 e. The first-order chi connectivity index (χ1) is 9.69. The van der Waals surface area contributed by atoms with E-state index in [0.29, 0.717) is 36.3 Å². The van der Waals surface area contributed by atoms with E-state index in [9.17, 15) is 9.18 Å². The van der Waals surface area contributed by atoms with Crippen molar-refractivity contribution in [2.24, 2.45) is 0 Å². The van der Waals surface area contributed by atoms with Crippen molar-refractivity contribution in [3.8, 4) is 5.88 Å². The number of H-pyrrole nitrogens is 1. The molecule has 1 aliphatic heterocycles. The fourth-order valence-corrected chi connectivity index (χ4v) is 2.40. The first-order valence-electron chi connectivity index (χ1n) is 6.51. The summed E-state index contributed by atoms with van der Waals surface area (Å²) < 4.78 is 18.5. The number of hydrogen-bond acceptors (Lipinski definition) is 4. The highest BCUT2D eigenvalue weighted by molar-refractivity contribution is 6.03. The number of aromatic amines is 1. The van der Waals surface area contributed by atoms with Gasteiger partial charge in [0.1, 0.15) is 11.7 Å². The molecule has 1 N–H and O–H groups in total. The Morgan fingerprint density at radius 1 is 1.55 bits per heavy atom. The molecule has 3 heterocycles. The molecule has 0 radical (unpaired) electrons. The van der Waals surface area contributed by atoms with Gasteiger partial charge in [0.25, 0.3) is 5.91 Å². The van der Waals surface area contributed by atoms with Gasteiger partial charge in [-0.3, -0.25) is 9.89 Å². The standard InChI is InChI=1S/C13H15FN4O2/c1-20-10-5-4-9-11(15-10)12(17-16-9)13(19)18-6-2-3-8(14)7-18/h4-5,8H,2-3,6-7H2,1H3,(H,16,17). The van der Waals surface area contributed by atoms with Crippen LogP contribution in [0.3, 0.4) is 0 Å². The molecular formula is C13H15FN4O2. The number of amides is 1. The maximum absolute atomic E-state index is 13.4. The first-order valence-corrected chi connectivity index (χ1v) is 6.51. The molecule has 0 spiro atoms. The van der Waals surface area contributed by atoms with Gasteiger partial charge in [-0.15, -0.1) is 0 Å². The van der Waals surface area contributed by atoms with Gasteiger partial charge >= 0.3 is 0 Å². The Balaban J connectivity index is 1.94. The topological polar surface area (TPSA) is 71.1 Å². The second kappa shape index (κ2) is 5.07. The van der Waals surface area contributed by atoms with Crippen LogP contribution in [0.15, 0.2) is 12.1 Å². The Morgan fingerprint density at radius 2 is 2.40 bits per heavy atom. The van der Waals surface area contributed by atoms with E-state index in [1.807, 2.05) is 0 Å². The molecule has 2 aromatic heterocycles. The second-order valence-corrected chi connectivity index (χ2v) is 4.81. The molecule has 1 atom stereocenters. The van der Waals surface area contributed by atoms with Gasteiger partial charge in [0.05, 0.1) is 19.2 Å². The molecule has 1 aliphatic rings. The number of alkyl halides is 1. The van der Waals surface area contributed by atoms with Crippen molar-refractivity contribution in [3.05, 3.63) is 17.8 Å².